The Kier molecular flexibility index (Phi) is 3.85. The molecule has 2 unspecified atom stereocenters. The maximum atomic E-state index is 6.35. The molecular weight excluding hydrogens is 202 g/mol. The molecule has 2 rings (SSSR count). The molecule has 0 aromatic heterocycles. The van der Waals surface area contributed by atoms with Crippen molar-refractivity contribution in [3.8, 4) is 0 Å². The zero-order valence-electron chi connectivity index (χ0n) is 10.6. The minimum Gasteiger partial charge on any atom is -0.379 e. The van der Waals surface area contributed by atoms with Crippen LogP contribution in [-0.2, 0) is 4.74 Å². The van der Waals surface area contributed by atoms with E-state index >= 15 is 0 Å². The average Bonchev–Trinajstić information content (AvgIpc) is 2.77. The van der Waals surface area contributed by atoms with E-state index in [-0.39, 0.29) is 5.54 Å². The van der Waals surface area contributed by atoms with E-state index in [1.54, 1.807) is 0 Å². The Morgan fingerprint density at radius 3 is 2.94 bits per heavy atom. The summed E-state index contributed by atoms with van der Waals surface area (Å²) in [5.41, 5.74) is 6.26. The van der Waals surface area contributed by atoms with E-state index in [0.717, 1.165) is 32.7 Å². The van der Waals surface area contributed by atoms with Crippen molar-refractivity contribution in [3.05, 3.63) is 0 Å². The number of ether oxygens (including phenoxy) is 1. The largest absolute Gasteiger partial charge is 0.379 e. The molecule has 0 saturated carbocycles. The number of hydrogen-bond acceptors (Lipinski definition) is 4. The third-order valence-corrected chi connectivity index (χ3v) is 3.73. The van der Waals surface area contributed by atoms with Crippen LogP contribution in [-0.4, -0.2) is 68.3 Å². The van der Waals surface area contributed by atoms with Crippen molar-refractivity contribution >= 4 is 0 Å². The summed E-state index contributed by atoms with van der Waals surface area (Å²) in [6, 6.07) is 0.691. The molecule has 0 spiro atoms. The van der Waals surface area contributed by atoms with Gasteiger partial charge in [0.05, 0.1) is 12.1 Å². The van der Waals surface area contributed by atoms with Crippen LogP contribution in [0.3, 0.4) is 0 Å². The first-order chi connectivity index (χ1) is 7.59. The maximum absolute atomic E-state index is 6.35. The van der Waals surface area contributed by atoms with Crippen molar-refractivity contribution in [1.29, 1.82) is 0 Å². The highest BCUT2D eigenvalue weighted by Gasteiger charge is 2.36. The summed E-state index contributed by atoms with van der Waals surface area (Å²) in [5, 5.41) is 0. The Morgan fingerprint density at radius 2 is 2.31 bits per heavy atom. The van der Waals surface area contributed by atoms with Gasteiger partial charge in [-0.2, -0.15) is 0 Å². The van der Waals surface area contributed by atoms with Gasteiger partial charge >= 0.3 is 0 Å². The third kappa shape index (κ3) is 2.94. The van der Waals surface area contributed by atoms with Gasteiger partial charge in [-0.1, -0.05) is 0 Å². The average molecular weight is 227 g/mol. The molecular formula is C12H25N3O. The Balaban J connectivity index is 1.87. The third-order valence-electron chi connectivity index (χ3n) is 3.73. The van der Waals surface area contributed by atoms with Crippen LogP contribution >= 0.6 is 0 Å². The van der Waals surface area contributed by atoms with Gasteiger partial charge in [-0.3, -0.25) is 4.90 Å². The lowest BCUT2D eigenvalue weighted by molar-refractivity contribution is 0.137. The predicted molar refractivity (Wildman–Crippen MR) is 65.5 cm³/mol. The molecule has 0 bridgehead atoms. The lowest BCUT2D eigenvalue weighted by atomic mass is 9.99. The summed E-state index contributed by atoms with van der Waals surface area (Å²) in [7, 11) is 4.29. The Morgan fingerprint density at radius 1 is 1.50 bits per heavy atom. The minimum atomic E-state index is -0.0884. The van der Waals surface area contributed by atoms with Crippen LogP contribution in [0.1, 0.15) is 19.3 Å². The fraction of sp³-hybridized carbons (Fsp3) is 1.00. The minimum absolute atomic E-state index is 0.0884. The van der Waals surface area contributed by atoms with E-state index < -0.39 is 0 Å². The van der Waals surface area contributed by atoms with Crippen molar-refractivity contribution in [2.45, 2.75) is 30.8 Å². The Hall–Kier alpha value is -0.160. The molecule has 16 heavy (non-hydrogen) atoms. The van der Waals surface area contributed by atoms with Crippen LogP contribution in [0.25, 0.3) is 0 Å². The summed E-state index contributed by atoms with van der Waals surface area (Å²) in [6.07, 6.45) is 3.64. The number of nitrogens with zero attached hydrogens (tertiary/aromatic N) is 2. The summed E-state index contributed by atoms with van der Waals surface area (Å²) >= 11 is 0. The fourth-order valence-electron chi connectivity index (χ4n) is 2.88. The van der Waals surface area contributed by atoms with Crippen LogP contribution < -0.4 is 5.73 Å². The monoisotopic (exact) mass is 227 g/mol. The van der Waals surface area contributed by atoms with Crippen molar-refractivity contribution in [1.82, 2.24) is 9.80 Å². The predicted octanol–water partition coefficient (Wildman–Crippen LogP) is 0.130. The highest BCUT2D eigenvalue weighted by atomic mass is 16.5. The fourth-order valence-corrected chi connectivity index (χ4v) is 2.88. The molecule has 2 aliphatic rings. The molecule has 2 aliphatic heterocycles. The number of rotatable bonds is 4. The molecule has 0 amide bonds. The van der Waals surface area contributed by atoms with Gasteiger partial charge in [0.2, 0.25) is 0 Å². The molecule has 2 heterocycles. The molecule has 2 N–H and O–H groups in total. The van der Waals surface area contributed by atoms with Crippen LogP contribution in [0.4, 0.5) is 0 Å². The van der Waals surface area contributed by atoms with Crippen molar-refractivity contribution in [3.63, 3.8) is 0 Å². The highest BCUT2D eigenvalue weighted by molar-refractivity contribution is 4.94. The summed E-state index contributed by atoms with van der Waals surface area (Å²) in [4.78, 5) is 4.84. The van der Waals surface area contributed by atoms with E-state index in [0.29, 0.717) is 6.04 Å². The van der Waals surface area contributed by atoms with E-state index in [1.165, 1.54) is 19.4 Å². The first kappa shape index (κ1) is 12.3. The summed E-state index contributed by atoms with van der Waals surface area (Å²) in [5.74, 6) is 0. The van der Waals surface area contributed by atoms with E-state index in [1.807, 2.05) is 0 Å². The molecule has 0 radical (unpaired) electrons. The van der Waals surface area contributed by atoms with Gasteiger partial charge in [0, 0.05) is 25.7 Å². The van der Waals surface area contributed by atoms with Crippen LogP contribution in [0.5, 0.6) is 0 Å². The van der Waals surface area contributed by atoms with Gasteiger partial charge in [0.15, 0.2) is 0 Å². The molecule has 4 nitrogen and oxygen atoms in total. The van der Waals surface area contributed by atoms with Gasteiger partial charge in [-0.05, 0) is 39.9 Å². The quantitative estimate of drug-likeness (QED) is 0.741. The maximum Gasteiger partial charge on any atom is 0.0659 e. The Labute approximate surface area is 98.7 Å². The molecule has 0 aromatic rings. The molecule has 94 valence electrons. The SMILES string of the molecule is CN(C)CC1CCCN1CC1(N)CCOC1. The first-order valence-electron chi connectivity index (χ1n) is 6.34. The van der Waals surface area contributed by atoms with Gasteiger partial charge < -0.3 is 15.4 Å². The van der Waals surface area contributed by atoms with Gasteiger partial charge in [0.1, 0.15) is 0 Å². The second-order valence-electron chi connectivity index (χ2n) is 5.69. The summed E-state index contributed by atoms with van der Waals surface area (Å²) in [6.45, 7) is 4.93. The smallest absolute Gasteiger partial charge is 0.0659 e. The van der Waals surface area contributed by atoms with Crippen molar-refractivity contribution in [2.24, 2.45) is 5.73 Å². The first-order valence-corrected chi connectivity index (χ1v) is 6.34. The highest BCUT2D eigenvalue weighted by Crippen LogP contribution is 2.23. The number of hydrogen-bond donors (Lipinski definition) is 1. The van der Waals surface area contributed by atoms with Gasteiger partial charge in [-0.25, -0.2) is 0 Å². The number of likely N-dealkylation sites (N-methyl/N-ethyl adjacent to an activating group) is 1. The zero-order valence-corrected chi connectivity index (χ0v) is 10.6. The van der Waals surface area contributed by atoms with Crippen LogP contribution in [0.2, 0.25) is 0 Å². The molecule has 0 aliphatic carbocycles. The van der Waals surface area contributed by atoms with Crippen LogP contribution in [0.15, 0.2) is 0 Å². The standard InChI is InChI=1S/C12H25N3O/c1-14(2)8-11-4-3-6-15(11)9-12(13)5-7-16-10-12/h11H,3-10,13H2,1-2H3. The molecule has 2 fully saturated rings. The lowest BCUT2D eigenvalue weighted by Gasteiger charge is -2.33. The van der Waals surface area contributed by atoms with E-state index in [9.17, 15) is 0 Å². The second-order valence-corrected chi connectivity index (χ2v) is 5.69. The normalized spacial score (nSPS) is 36.4. The van der Waals surface area contributed by atoms with Crippen LogP contribution in [0, 0.1) is 0 Å². The number of likely N-dealkylation sites (tertiary alicyclic amines) is 1. The van der Waals surface area contributed by atoms with Gasteiger partial charge in [0.25, 0.3) is 0 Å². The van der Waals surface area contributed by atoms with E-state index in [2.05, 4.69) is 23.9 Å². The Bertz CT molecular complexity index is 226. The molecule has 0 aromatic carbocycles. The second kappa shape index (κ2) is 5.00. The topological polar surface area (TPSA) is 41.7 Å². The molecule has 4 heteroatoms. The summed E-state index contributed by atoms with van der Waals surface area (Å²) < 4.78 is 5.42. The molecule has 2 atom stereocenters. The molecule has 2 saturated heterocycles. The van der Waals surface area contributed by atoms with Gasteiger partial charge in [-0.15, -0.1) is 0 Å². The number of nitrogens with two attached hydrogens (primary N) is 1. The zero-order chi connectivity index (χ0) is 11.6. The lowest BCUT2D eigenvalue weighted by Crippen LogP contribution is -2.53. The van der Waals surface area contributed by atoms with Crippen molar-refractivity contribution in [2.75, 3.05) is 46.9 Å². The van der Waals surface area contributed by atoms with E-state index in [4.69, 9.17) is 10.5 Å². The van der Waals surface area contributed by atoms with Crippen molar-refractivity contribution < 1.29 is 4.74 Å².